The first kappa shape index (κ1) is 9.39. The largest absolute Gasteiger partial charge is 0.394 e. The fraction of sp³-hybridized carbons (Fsp3) is 1.00. The van der Waals surface area contributed by atoms with Crippen molar-refractivity contribution in [3.8, 4) is 0 Å². The zero-order valence-electron chi connectivity index (χ0n) is 2.89. The molecule has 0 amide bonds. The molecule has 29 valence electrons. The molecule has 0 saturated heterocycles. The summed E-state index contributed by atoms with van der Waals surface area (Å²) in [6.07, 6.45) is 0. The van der Waals surface area contributed by atoms with Gasteiger partial charge in [0.05, 0.1) is 13.2 Å². The van der Waals surface area contributed by atoms with Gasteiger partial charge in [-0.25, -0.2) is 0 Å². The van der Waals surface area contributed by atoms with Gasteiger partial charge in [0.2, 0.25) is 0 Å². The van der Waals surface area contributed by atoms with Gasteiger partial charge in [-0.2, -0.15) is 0 Å². The van der Waals surface area contributed by atoms with Crippen LogP contribution in [0.3, 0.4) is 0 Å². The molecule has 0 bridgehead atoms. The van der Waals surface area contributed by atoms with Crippen molar-refractivity contribution >= 4 is 0 Å². The summed E-state index contributed by atoms with van der Waals surface area (Å²) in [6, 6.07) is 0. The van der Waals surface area contributed by atoms with Crippen molar-refractivity contribution in [1.29, 1.82) is 0 Å². The molecule has 5 heavy (non-hydrogen) atoms. The third-order valence-corrected chi connectivity index (χ3v) is 0.1000. The second-order valence-corrected chi connectivity index (χ2v) is 0.447. The van der Waals surface area contributed by atoms with E-state index in [9.17, 15) is 0 Å². The molecule has 0 heterocycles. The quantitative estimate of drug-likeness (QED) is 0.502. The minimum absolute atomic E-state index is 0. The number of aliphatic hydroxyl groups is 2. The molecule has 0 aliphatic carbocycles. The molecule has 3 heteroatoms. The minimum atomic E-state index is -0.125. The van der Waals surface area contributed by atoms with E-state index in [2.05, 4.69) is 0 Å². The molecule has 2 nitrogen and oxygen atoms in total. The Bertz CT molecular complexity index is 9.61. The smallest absolute Gasteiger partial charge is 0.0662 e. The van der Waals surface area contributed by atoms with Gasteiger partial charge in [0.25, 0.3) is 0 Å². The fourth-order valence-corrected chi connectivity index (χ4v) is 0. The summed E-state index contributed by atoms with van der Waals surface area (Å²) in [5, 5.41) is 15.2. The number of rotatable bonds is 1. The van der Waals surface area contributed by atoms with Crippen LogP contribution in [0.2, 0.25) is 0 Å². The summed E-state index contributed by atoms with van der Waals surface area (Å²) in [7, 11) is 0. The Hall–Kier alpha value is 1.02. The Morgan fingerprint density at radius 3 is 1.20 bits per heavy atom. The van der Waals surface area contributed by atoms with Crippen molar-refractivity contribution in [2.75, 3.05) is 13.2 Å². The number of hydrogen-bond donors (Lipinski definition) is 2. The maximum Gasteiger partial charge on any atom is 0.0662 e. The molecule has 0 fully saturated rings. The molecule has 0 aliphatic heterocycles. The first-order valence-corrected chi connectivity index (χ1v) is 1.13. The van der Waals surface area contributed by atoms with E-state index in [1.807, 2.05) is 0 Å². The van der Waals surface area contributed by atoms with E-state index in [0.29, 0.717) is 0 Å². The van der Waals surface area contributed by atoms with Crippen molar-refractivity contribution in [3.63, 3.8) is 0 Å². The maximum absolute atomic E-state index is 7.62. The van der Waals surface area contributed by atoms with E-state index in [1.54, 1.807) is 0 Å². The molecule has 0 spiro atoms. The normalized spacial score (nSPS) is 6.00. The average Bonchev–Trinajstić information content (AvgIpc) is 1.37. The zero-order chi connectivity index (χ0) is 3.41. The molecule has 1 radical (unpaired) electrons. The molecule has 0 rings (SSSR count). The van der Waals surface area contributed by atoms with Gasteiger partial charge in [-0.1, -0.05) is 0 Å². The van der Waals surface area contributed by atoms with Crippen molar-refractivity contribution in [1.82, 2.24) is 0 Å². The third-order valence-electron chi connectivity index (χ3n) is 0.1000. The van der Waals surface area contributed by atoms with Crippen LogP contribution < -0.4 is 0 Å². The van der Waals surface area contributed by atoms with Crippen LogP contribution in [0.5, 0.6) is 0 Å². The van der Waals surface area contributed by atoms with Crippen molar-refractivity contribution in [2.45, 2.75) is 0 Å². The van der Waals surface area contributed by atoms with Gasteiger partial charge in [0.15, 0.2) is 0 Å². The Kier molecular flexibility index (Phi) is 16.7. The van der Waals surface area contributed by atoms with Crippen molar-refractivity contribution in [3.05, 3.63) is 0 Å². The van der Waals surface area contributed by atoms with Crippen LogP contribution in [0.1, 0.15) is 0 Å². The van der Waals surface area contributed by atoms with Crippen molar-refractivity contribution in [2.24, 2.45) is 0 Å². The van der Waals surface area contributed by atoms with Gasteiger partial charge in [-0.05, 0) is 0 Å². The third kappa shape index (κ3) is 11.2. The van der Waals surface area contributed by atoms with E-state index in [1.165, 1.54) is 0 Å². The molecule has 0 saturated carbocycles. The molecule has 0 atom stereocenters. The number of aliphatic hydroxyl groups excluding tert-OH is 2. The van der Waals surface area contributed by atoms with Crippen LogP contribution in [-0.2, 0) is 32.7 Å². The Balaban J connectivity index is 0. The minimum Gasteiger partial charge on any atom is -0.394 e. The molecule has 0 unspecified atom stereocenters. The molecular weight excluding hydrogens is 145 g/mol. The van der Waals surface area contributed by atoms with Gasteiger partial charge in [0.1, 0.15) is 0 Å². The SMILES string of the molecule is OCCO.[Y]. The van der Waals surface area contributed by atoms with Crippen molar-refractivity contribution < 1.29 is 42.9 Å². The van der Waals surface area contributed by atoms with Crippen LogP contribution in [-0.4, -0.2) is 23.4 Å². The first-order chi connectivity index (χ1) is 1.91. The summed E-state index contributed by atoms with van der Waals surface area (Å²) in [5.41, 5.74) is 0. The summed E-state index contributed by atoms with van der Waals surface area (Å²) < 4.78 is 0. The predicted molar refractivity (Wildman–Crippen MR) is 14.2 cm³/mol. The molecule has 0 aromatic carbocycles. The van der Waals surface area contributed by atoms with Crippen LogP contribution >= 0.6 is 0 Å². The molecule has 0 aromatic rings. The van der Waals surface area contributed by atoms with Gasteiger partial charge in [-0.3, -0.25) is 0 Å². The first-order valence-electron chi connectivity index (χ1n) is 1.13. The maximum atomic E-state index is 7.62. The summed E-state index contributed by atoms with van der Waals surface area (Å²) in [4.78, 5) is 0. The second-order valence-electron chi connectivity index (χ2n) is 0.447. The molecule has 2 N–H and O–H groups in total. The topological polar surface area (TPSA) is 40.5 Å². The van der Waals surface area contributed by atoms with E-state index in [0.717, 1.165) is 0 Å². The van der Waals surface area contributed by atoms with Gasteiger partial charge in [-0.15, -0.1) is 0 Å². The van der Waals surface area contributed by atoms with Gasteiger partial charge >= 0.3 is 0 Å². The average molecular weight is 151 g/mol. The van der Waals surface area contributed by atoms with E-state index < -0.39 is 0 Å². The van der Waals surface area contributed by atoms with Gasteiger partial charge in [0, 0.05) is 32.7 Å². The second kappa shape index (κ2) is 8.90. The Morgan fingerprint density at radius 2 is 1.20 bits per heavy atom. The predicted octanol–water partition coefficient (Wildman–Crippen LogP) is -1.03. The Labute approximate surface area is 56.1 Å². The zero-order valence-corrected chi connectivity index (χ0v) is 5.72. The Morgan fingerprint density at radius 1 is 1.00 bits per heavy atom. The van der Waals surface area contributed by atoms with E-state index in [-0.39, 0.29) is 45.9 Å². The van der Waals surface area contributed by atoms with Crippen LogP contribution in [0, 0.1) is 0 Å². The molecule has 0 aromatic heterocycles. The molecular formula is C2H6O2Y. The summed E-state index contributed by atoms with van der Waals surface area (Å²) in [5.74, 6) is 0. The van der Waals surface area contributed by atoms with Gasteiger partial charge < -0.3 is 10.2 Å². The van der Waals surface area contributed by atoms with E-state index in [4.69, 9.17) is 10.2 Å². The number of hydrogen-bond acceptors (Lipinski definition) is 2. The fourth-order valence-electron chi connectivity index (χ4n) is 0. The summed E-state index contributed by atoms with van der Waals surface area (Å²) >= 11 is 0. The monoisotopic (exact) mass is 151 g/mol. The van der Waals surface area contributed by atoms with Crippen LogP contribution in [0.25, 0.3) is 0 Å². The standard InChI is InChI=1S/C2H6O2.Y/c3-1-2-4;/h3-4H,1-2H2;. The summed E-state index contributed by atoms with van der Waals surface area (Å²) in [6.45, 7) is -0.250. The van der Waals surface area contributed by atoms with E-state index >= 15 is 0 Å². The molecule has 0 aliphatic rings. The van der Waals surface area contributed by atoms with Crippen LogP contribution in [0.15, 0.2) is 0 Å². The van der Waals surface area contributed by atoms with Crippen LogP contribution in [0.4, 0.5) is 0 Å².